The van der Waals surface area contributed by atoms with Gasteiger partial charge in [-0.05, 0) is 18.1 Å². The highest BCUT2D eigenvalue weighted by molar-refractivity contribution is 5.99. The van der Waals surface area contributed by atoms with Gasteiger partial charge in [-0.25, -0.2) is 0 Å². The van der Waals surface area contributed by atoms with Crippen LogP contribution in [0.1, 0.15) is 51.5 Å². The number of carbonyl (C=O) groups excluding carboxylic acids is 2. The molecule has 0 fully saturated rings. The first kappa shape index (κ1) is 16.2. The summed E-state index contributed by atoms with van der Waals surface area (Å²) in [5, 5.41) is 0. The second-order valence-electron chi connectivity index (χ2n) is 4.75. The second-order valence-corrected chi connectivity index (χ2v) is 4.75. The Labute approximate surface area is 120 Å². The Bertz CT molecular complexity index is 460. The van der Waals surface area contributed by atoms with Crippen LogP contribution in [-0.4, -0.2) is 11.8 Å². The number of ketones is 1. The normalized spacial score (nSPS) is 11.2. The number of ether oxygens (including phenoxy) is 1. The molecule has 0 atom stereocenters. The molecule has 1 aromatic rings. The average Bonchev–Trinajstić information content (AvgIpc) is 2.43. The van der Waals surface area contributed by atoms with E-state index in [9.17, 15) is 9.59 Å². The molecule has 0 heterocycles. The molecule has 0 amide bonds. The molecule has 0 saturated heterocycles. The molecule has 0 aromatic heterocycles. The van der Waals surface area contributed by atoms with Gasteiger partial charge in [0.2, 0.25) is 0 Å². The third kappa shape index (κ3) is 6.32. The van der Waals surface area contributed by atoms with E-state index in [1.807, 2.05) is 30.3 Å². The Morgan fingerprint density at radius 2 is 1.80 bits per heavy atom. The number of hydrogen-bond donors (Lipinski definition) is 0. The van der Waals surface area contributed by atoms with Crippen molar-refractivity contribution in [2.24, 2.45) is 0 Å². The van der Waals surface area contributed by atoms with Crippen molar-refractivity contribution in [2.75, 3.05) is 0 Å². The fraction of sp³-hybridized carbons (Fsp3) is 0.412. The van der Waals surface area contributed by atoms with E-state index in [0.717, 1.165) is 31.2 Å². The van der Waals surface area contributed by atoms with Crippen molar-refractivity contribution in [1.29, 1.82) is 0 Å². The molecule has 3 nitrogen and oxygen atoms in total. The quantitative estimate of drug-likeness (QED) is 0.310. The molecule has 0 bridgehead atoms. The molecule has 0 aliphatic carbocycles. The van der Waals surface area contributed by atoms with Crippen molar-refractivity contribution in [3.8, 4) is 0 Å². The molecule has 0 unspecified atom stereocenters. The molecule has 0 spiro atoms. The lowest BCUT2D eigenvalue weighted by molar-refractivity contribution is -0.140. The molecule has 0 saturated carbocycles. The summed E-state index contributed by atoms with van der Waals surface area (Å²) in [5.74, 6) is -0.436. The molecular weight excluding hydrogens is 252 g/mol. The summed E-state index contributed by atoms with van der Waals surface area (Å²) in [5.41, 5.74) is 0.852. The van der Waals surface area contributed by atoms with E-state index in [0.29, 0.717) is 6.42 Å². The van der Waals surface area contributed by atoms with Crippen LogP contribution >= 0.6 is 0 Å². The van der Waals surface area contributed by atoms with Gasteiger partial charge in [0.1, 0.15) is 0 Å². The maximum Gasteiger partial charge on any atom is 0.308 e. The van der Waals surface area contributed by atoms with Crippen LogP contribution in [-0.2, 0) is 14.3 Å². The predicted octanol–water partition coefficient (Wildman–Crippen LogP) is 4.13. The molecule has 3 heteroatoms. The van der Waals surface area contributed by atoms with Gasteiger partial charge in [0.15, 0.2) is 11.5 Å². The smallest absolute Gasteiger partial charge is 0.308 e. The van der Waals surface area contributed by atoms with Crippen LogP contribution in [0.15, 0.2) is 36.1 Å². The third-order valence-corrected chi connectivity index (χ3v) is 2.88. The maximum absolute atomic E-state index is 12.1. The summed E-state index contributed by atoms with van der Waals surface area (Å²) in [6.07, 6.45) is 6.17. The first-order valence-electron chi connectivity index (χ1n) is 7.12. The molecule has 0 aliphatic rings. The fourth-order valence-corrected chi connectivity index (χ4v) is 1.86. The van der Waals surface area contributed by atoms with Crippen LogP contribution in [0, 0.1) is 0 Å². The monoisotopic (exact) mass is 274 g/mol. The van der Waals surface area contributed by atoms with Crippen LogP contribution in [0.5, 0.6) is 0 Å². The van der Waals surface area contributed by atoms with Crippen molar-refractivity contribution in [3.63, 3.8) is 0 Å². The minimum absolute atomic E-state index is 0.111. The summed E-state index contributed by atoms with van der Waals surface area (Å²) in [4.78, 5) is 23.2. The van der Waals surface area contributed by atoms with Gasteiger partial charge in [-0.1, -0.05) is 56.5 Å². The van der Waals surface area contributed by atoms with E-state index in [4.69, 9.17) is 4.74 Å². The lowest BCUT2D eigenvalue weighted by atomic mass is 10.1. The Morgan fingerprint density at radius 1 is 1.10 bits per heavy atom. The Kier molecular flexibility index (Phi) is 7.33. The molecule has 20 heavy (non-hydrogen) atoms. The Hall–Kier alpha value is -1.90. The zero-order valence-corrected chi connectivity index (χ0v) is 12.2. The zero-order chi connectivity index (χ0) is 14.8. The first-order valence-corrected chi connectivity index (χ1v) is 7.12. The second kappa shape index (κ2) is 9.08. The van der Waals surface area contributed by atoms with Gasteiger partial charge in [-0.2, -0.15) is 0 Å². The maximum atomic E-state index is 12.1. The van der Waals surface area contributed by atoms with E-state index in [2.05, 4.69) is 6.92 Å². The molecule has 1 aromatic carbocycles. The standard InChI is InChI=1S/C17H22O3/c1-3-4-5-9-12-16(19)17(20-14(2)18)13-15-10-7-6-8-11-15/h6-8,10-11,13H,3-5,9,12H2,1-2H3. The van der Waals surface area contributed by atoms with Crippen molar-refractivity contribution in [2.45, 2.75) is 46.0 Å². The van der Waals surface area contributed by atoms with Gasteiger partial charge in [0.25, 0.3) is 0 Å². The van der Waals surface area contributed by atoms with Gasteiger partial charge >= 0.3 is 5.97 Å². The molecular formula is C17H22O3. The summed E-state index contributed by atoms with van der Waals surface area (Å²) in [7, 11) is 0. The van der Waals surface area contributed by atoms with Crippen molar-refractivity contribution in [3.05, 3.63) is 41.7 Å². The highest BCUT2D eigenvalue weighted by Crippen LogP contribution is 2.13. The number of rotatable bonds is 8. The van der Waals surface area contributed by atoms with Crippen LogP contribution in [0.4, 0.5) is 0 Å². The molecule has 0 N–H and O–H groups in total. The number of benzene rings is 1. The van der Waals surface area contributed by atoms with Crippen molar-refractivity contribution >= 4 is 17.8 Å². The van der Waals surface area contributed by atoms with Gasteiger partial charge in [-0.15, -0.1) is 0 Å². The SMILES string of the molecule is CCCCCCC(=O)C(=Cc1ccccc1)OC(C)=O. The van der Waals surface area contributed by atoms with Gasteiger partial charge < -0.3 is 4.74 Å². The third-order valence-electron chi connectivity index (χ3n) is 2.88. The molecule has 0 aliphatic heterocycles. The highest BCUT2D eigenvalue weighted by atomic mass is 16.5. The topological polar surface area (TPSA) is 43.4 Å². The number of hydrogen-bond acceptors (Lipinski definition) is 3. The van der Waals surface area contributed by atoms with E-state index >= 15 is 0 Å². The summed E-state index contributed by atoms with van der Waals surface area (Å²) in [6, 6.07) is 9.39. The lowest BCUT2D eigenvalue weighted by Crippen LogP contribution is -2.09. The predicted molar refractivity (Wildman–Crippen MR) is 80.0 cm³/mol. The summed E-state index contributed by atoms with van der Waals surface area (Å²) >= 11 is 0. The Morgan fingerprint density at radius 3 is 2.40 bits per heavy atom. The largest absolute Gasteiger partial charge is 0.423 e. The number of unbranched alkanes of at least 4 members (excludes halogenated alkanes) is 3. The van der Waals surface area contributed by atoms with Gasteiger partial charge in [0, 0.05) is 13.3 Å². The molecule has 108 valence electrons. The van der Waals surface area contributed by atoms with Crippen molar-refractivity contribution < 1.29 is 14.3 Å². The number of allylic oxidation sites excluding steroid dienone is 1. The lowest BCUT2D eigenvalue weighted by Gasteiger charge is -2.06. The van der Waals surface area contributed by atoms with Crippen molar-refractivity contribution in [1.82, 2.24) is 0 Å². The van der Waals surface area contributed by atoms with Gasteiger partial charge in [-0.3, -0.25) is 9.59 Å². The van der Waals surface area contributed by atoms with E-state index < -0.39 is 5.97 Å². The van der Waals surface area contributed by atoms with E-state index in [-0.39, 0.29) is 11.5 Å². The molecule has 0 radical (unpaired) electrons. The number of esters is 1. The Balaban J connectivity index is 2.71. The van der Waals surface area contributed by atoms with E-state index in [1.54, 1.807) is 6.08 Å². The van der Waals surface area contributed by atoms with Crippen LogP contribution in [0.25, 0.3) is 6.08 Å². The number of carbonyl (C=O) groups is 2. The number of Topliss-reactive ketones (excluding diaryl/α,β-unsaturated/α-hetero) is 1. The average molecular weight is 274 g/mol. The first-order chi connectivity index (χ1) is 9.63. The van der Waals surface area contributed by atoms with E-state index in [1.165, 1.54) is 6.92 Å². The zero-order valence-electron chi connectivity index (χ0n) is 12.2. The minimum atomic E-state index is -0.464. The summed E-state index contributed by atoms with van der Waals surface area (Å²) in [6.45, 7) is 3.44. The van der Waals surface area contributed by atoms with Crippen LogP contribution < -0.4 is 0 Å². The van der Waals surface area contributed by atoms with Crippen LogP contribution in [0.3, 0.4) is 0 Å². The van der Waals surface area contributed by atoms with Gasteiger partial charge in [0.05, 0.1) is 0 Å². The minimum Gasteiger partial charge on any atom is -0.423 e. The fourth-order valence-electron chi connectivity index (χ4n) is 1.86. The van der Waals surface area contributed by atoms with Crippen LogP contribution in [0.2, 0.25) is 0 Å². The molecule has 1 rings (SSSR count). The summed E-state index contributed by atoms with van der Waals surface area (Å²) < 4.78 is 5.05. The highest BCUT2D eigenvalue weighted by Gasteiger charge is 2.13.